The molecule has 0 radical (unpaired) electrons. The first-order valence-electron chi connectivity index (χ1n) is 7.60. The van der Waals surface area contributed by atoms with E-state index >= 15 is 0 Å². The number of aliphatic hydroxyl groups excluding tert-OH is 1. The molecule has 1 aliphatic rings. The number of carbonyl (C=O) groups excluding carboxylic acids is 1. The molecule has 1 fully saturated rings. The normalized spacial score (nSPS) is 22.5. The van der Waals surface area contributed by atoms with E-state index in [1.807, 2.05) is 0 Å². The van der Waals surface area contributed by atoms with Crippen molar-refractivity contribution in [3.63, 3.8) is 0 Å². The summed E-state index contributed by atoms with van der Waals surface area (Å²) in [5.41, 5.74) is -1.62. The molecule has 2 N–H and O–H groups in total. The van der Waals surface area contributed by atoms with Crippen molar-refractivity contribution in [2.45, 2.75) is 45.6 Å². The lowest BCUT2D eigenvalue weighted by atomic mass is 9.77. The molecule has 7 nitrogen and oxygen atoms in total. The predicted octanol–water partition coefficient (Wildman–Crippen LogP) is 1.49. The highest BCUT2D eigenvalue weighted by Crippen LogP contribution is 2.34. The number of aliphatic carboxylic acids is 1. The van der Waals surface area contributed by atoms with E-state index < -0.39 is 23.1 Å². The smallest absolute Gasteiger partial charge is 0.410 e. The van der Waals surface area contributed by atoms with Crippen molar-refractivity contribution in [3.8, 4) is 0 Å². The Hall–Kier alpha value is -1.34. The number of carboxylic acids is 1. The Kier molecular flexibility index (Phi) is 6.62. The summed E-state index contributed by atoms with van der Waals surface area (Å²) in [6, 6.07) is 0. The van der Waals surface area contributed by atoms with Crippen LogP contribution in [0.2, 0.25) is 0 Å². The number of carboxylic acid groups (broad SMARTS) is 1. The van der Waals surface area contributed by atoms with Crippen LogP contribution in [-0.2, 0) is 14.3 Å². The Morgan fingerprint density at radius 1 is 1.27 bits per heavy atom. The van der Waals surface area contributed by atoms with Gasteiger partial charge in [-0.05, 0) is 40.0 Å². The second-order valence-electron chi connectivity index (χ2n) is 6.68. The van der Waals surface area contributed by atoms with E-state index in [0.717, 1.165) is 0 Å². The number of ether oxygens (including phenoxy) is 2. The molecule has 1 aliphatic heterocycles. The van der Waals surface area contributed by atoms with Crippen molar-refractivity contribution < 1.29 is 29.3 Å². The summed E-state index contributed by atoms with van der Waals surface area (Å²) in [5, 5.41) is 18.3. The van der Waals surface area contributed by atoms with Crippen LogP contribution in [0.3, 0.4) is 0 Å². The molecule has 128 valence electrons. The molecule has 1 saturated heterocycles. The third-order valence-corrected chi connectivity index (χ3v) is 3.64. The molecule has 0 spiro atoms. The quantitative estimate of drug-likeness (QED) is 0.721. The number of carbonyl (C=O) groups is 2. The minimum absolute atomic E-state index is 0.0931. The number of nitrogens with zero attached hydrogens (tertiary/aromatic N) is 1. The first kappa shape index (κ1) is 18.7. The van der Waals surface area contributed by atoms with Gasteiger partial charge in [-0.15, -0.1) is 0 Å². The van der Waals surface area contributed by atoms with Crippen LogP contribution in [0.25, 0.3) is 0 Å². The zero-order valence-corrected chi connectivity index (χ0v) is 13.6. The maximum absolute atomic E-state index is 12.1. The summed E-state index contributed by atoms with van der Waals surface area (Å²) in [6.45, 7) is 6.30. The summed E-state index contributed by atoms with van der Waals surface area (Å²) in [4.78, 5) is 25.3. The monoisotopic (exact) mass is 317 g/mol. The zero-order valence-electron chi connectivity index (χ0n) is 13.6. The lowest BCUT2D eigenvalue weighted by molar-refractivity contribution is -0.153. The van der Waals surface area contributed by atoms with E-state index in [1.165, 1.54) is 4.90 Å². The van der Waals surface area contributed by atoms with Crippen LogP contribution in [0.15, 0.2) is 0 Å². The molecule has 1 unspecified atom stereocenters. The molecule has 0 aromatic rings. The topological polar surface area (TPSA) is 96.3 Å². The average Bonchev–Trinajstić information content (AvgIpc) is 2.42. The lowest BCUT2D eigenvalue weighted by Gasteiger charge is -2.40. The predicted molar refractivity (Wildman–Crippen MR) is 79.6 cm³/mol. The van der Waals surface area contributed by atoms with Gasteiger partial charge in [0.2, 0.25) is 0 Å². The molecule has 1 atom stereocenters. The molecule has 7 heteroatoms. The number of piperidine rings is 1. The highest BCUT2D eigenvalue weighted by Gasteiger charge is 2.44. The average molecular weight is 317 g/mol. The van der Waals surface area contributed by atoms with Crippen molar-refractivity contribution in [1.29, 1.82) is 0 Å². The van der Waals surface area contributed by atoms with Gasteiger partial charge in [0.25, 0.3) is 0 Å². The van der Waals surface area contributed by atoms with Gasteiger partial charge in [-0.1, -0.05) is 0 Å². The Bertz CT molecular complexity index is 392. The molecular formula is C15H27NO6. The Balaban J connectivity index is 2.70. The fraction of sp³-hybridized carbons (Fsp3) is 0.867. The molecule has 1 rings (SSSR count). The molecule has 1 amide bonds. The molecule has 0 aromatic heterocycles. The highest BCUT2D eigenvalue weighted by atomic mass is 16.6. The van der Waals surface area contributed by atoms with E-state index in [9.17, 15) is 14.7 Å². The van der Waals surface area contributed by atoms with Gasteiger partial charge >= 0.3 is 12.1 Å². The molecule has 0 saturated carbocycles. The third kappa shape index (κ3) is 5.46. The van der Waals surface area contributed by atoms with Crippen LogP contribution in [0.5, 0.6) is 0 Å². The van der Waals surface area contributed by atoms with Crippen LogP contribution in [-0.4, -0.2) is 65.7 Å². The summed E-state index contributed by atoms with van der Waals surface area (Å²) in [7, 11) is 0. The molecule has 0 aromatic carbocycles. The summed E-state index contributed by atoms with van der Waals surface area (Å²) in [5.74, 6) is -0.923. The SMILES string of the molecule is CC(C)(C)OC(=O)N1CCCC(CCOCCO)(C(=O)O)C1. The standard InChI is InChI=1S/C15H27NO6/c1-14(2,3)22-13(20)16-7-4-5-15(11-16,12(18)19)6-9-21-10-8-17/h17H,4-11H2,1-3H3,(H,18,19). The van der Waals surface area contributed by atoms with Crippen molar-refractivity contribution in [1.82, 2.24) is 4.90 Å². The van der Waals surface area contributed by atoms with Gasteiger partial charge in [0.15, 0.2) is 0 Å². The van der Waals surface area contributed by atoms with Crippen molar-refractivity contribution in [2.75, 3.05) is 32.9 Å². The van der Waals surface area contributed by atoms with Crippen molar-refractivity contribution in [2.24, 2.45) is 5.41 Å². The number of hydrogen-bond acceptors (Lipinski definition) is 5. The Labute approximate surface area is 131 Å². The number of likely N-dealkylation sites (tertiary alicyclic amines) is 1. The van der Waals surface area contributed by atoms with Gasteiger partial charge in [-0.3, -0.25) is 4.79 Å². The number of hydrogen-bond donors (Lipinski definition) is 2. The lowest BCUT2D eigenvalue weighted by Crippen LogP contribution is -2.51. The van der Waals surface area contributed by atoms with E-state index in [1.54, 1.807) is 20.8 Å². The van der Waals surface area contributed by atoms with Crippen LogP contribution in [0.1, 0.15) is 40.0 Å². The van der Waals surface area contributed by atoms with Crippen LogP contribution >= 0.6 is 0 Å². The molecular weight excluding hydrogens is 290 g/mol. The molecule has 0 bridgehead atoms. The van der Waals surface area contributed by atoms with Crippen molar-refractivity contribution in [3.05, 3.63) is 0 Å². The summed E-state index contributed by atoms with van der Waals surface area (Å²) in [6.07, 6.45) is 0.950. The Morgan fingerprint density at radius 3 is 2.50 bits per heavy atom. The second kappa shape index (κ2) is 7.78. The number of rotatable bonds is 6. The maximum Gasteiger partial charge on any atom is 0.410 e. The van der Waals surface area contributed by atoms with E-state index in [-0.39, 0.29) is 26.4 Å². The number of aliphatic hydroxyl groups is 1. The van der Waals surface area contributed by atoms with Gasteiger partial charge in [0.1, 0.15) is 5.60 Å². The van der Waals surface area contributed by atoms with Crippen LogP contribution in [0, 0.1) is 5.41 Å². The highest BCUT2D eigenvalue weighted by molar-refractivity contribution is 5.77. The van der Waals surface area contributed by atoms with Gasteiger partial charge in [-0.2, -0.15) is 0 Å². The first-order chi connectivity index (χ1) is 10.2. The largest absolute Gasteiger partial charge is 0.481 e. The maximum atomic E-state index is 12.1. The molecule has 1 heterocycles. The van der Waals surface area contributed by atoms with E-state index in [4.69, 9.17) is 14.6 Å². The van der Waals surface area contributed by atoms with Gasteiger partial charge in [0.05, 0.1) is 18.6 Å². The fourth-order valence-corrected chi connectivity index (χ4v) is 2.53. The van der Waals surface area contributed by atoms with E-state index in [2.05, 4.69) is 0 Å². The van der Waals surface area contributed by atoms with Gasteiger partial charge in [0, 0.05) is 19.7 Å². The van der Waals surface area contributed by atoms with Crippen LogP contribution < -0.4 is 0 Å². The second-order valence-corrected chi connectivity index (χ2v) is 6.68. The Morgan fingerprint density at radius 2 is 1.95 bits per heavy atom. The van der Waals surface area contributed by atoms with Crippen LogP contribution in [0.4, 0.5) is 4.79 Å². The van der Waals surface area contributed by atoms with E-state index in [0.29, 0.717) is 25.8 Å². The number of amides is 1. The summed E-state index contributed by atoms with van der Waals surface area (Å²) >= 11 is 0. The van der Waals surface area contributed by atoms with Crippen molar-refractivity contribution >= 4 is 12.1 Å². The minimum atomic E-state index is -1.01. The third-order valence-electron chi connectivity index (χ3n) is 3.64. The molecule has 22 heavy (non-hydrogen) atoms. The van der Waals surface area contributed by atoms with Gasteiger partial charge in [-0.25, -0.2) is 4.79 Å². The minimum Gasteiger partial charge on any atom is -0.481 e. The zero-order chi connectivity index (χ0) is 16.8. The molecule has 0 aliphatic carbocycles. The fourth-order valence-electron chi connectivity index (χ4n) is 2.53. The summed E-state index contributed by atoms with van der Waals surface area (Å²) < 4.78 is 10.5. The van der Waals surface area contributed by atoms with Gasteiger partial charge < -0.3 is 24.6 Å². The first-order valence-corrected chi connectivity index (χ1v) is 7.60.